The van der Waals surface area contributed by atoms with Crippen LogP contribution in [0.1, 0.15) is 24.5 Å². The molecule has 0 aromatic heterocycles. The van der Waals surface area contributed by atoms with Crippen LogP contribution in [0.5, 0.6) is 0 Å². The van der Waals surface area contributed by atoms with Gasteiger partial charge in [0.1, 0.15) is 5.60 Å². The molecule has 1 aliphatic heterocycles. The molecular formula is C19H22N2O. The minimum absolute atomic E-state index is 0.647. The first-order valence-electron chi connectivity index (χ1n) is 7.79. The highest BCUT2D eigenvalue weighted by Crippen LogP contribution is 2.33. The van der Waals surface area contributed by atoms with Gasteiger partial charge in [-0.15, -0.1) is 0 Å². The van der Waals surface area contributed by atoms with E-state index in [0.29, 0.717) is 6.42 Å². The molecule has 0 saturated carbocycles. The van der Waals surface area contributed by atoms with E-state index in [1.165, 1.54) is 0 Å². The molecule has 3 heteroatoms. The lowest BCUT2D eigenvalue weighted by Crippen LogP contribution is -2.35. The summed E-state index contributed by atoms with van der Waals surface area (Å²) in [5.41, 5.74) is 0.913. The van der Waals surface area contributed by atoms with Gasteiger partial charge in [-0.25, -0.2) is 0 Å². The third-order valence-electron chi connectivity index (χ3n) is 4.41. The van der Waals surface area contributed by atoms with Crippen molar-refractivity contribution < 1.29 is 5.11 Å². The molecule has 2 aromatic rings. The summed E-state index contributed by atoms with van der Waals surface area (Å²) in [7, 11) is 0. The van der Waals surface area contributed by atoms with E-state index in [0.717, 1.165) is 36.6 Å². The molecule has 0 unspecified atom stereocenters. The van der Waals surface area contributed by atoms with E-state index >= 15 is 0 Å². The predicted octanol–water partition coefficient (Wildman–Crippen LogP) is 3.05. The molecule has 0 atom stereocenters. The molecule has 0 amide bonds. The second-order valence-corrected chi connectivity index (χ2v) is 5.76. The van der Waals surface area contributed by atoms with Crippen LogP contribution in [0.3, 0.4) is 0 Å². The van der Waals surface area contributed by atoms with Crippen LogP contribution < -0.4 is 0 Å². The molecule has 1 heterocycles. The SMILES string of the molecule is CC1=NCCN1CCC(O)(c1ccccc1)c1ccccc1. The van der Waals surface area contributed by atoms with Crippen LogP contribution in [-0.4, -0.2) is 35.5 Å². The summed E-state index contributed by atoms with van der Waals surface area (Å²) < 4.78 is 0. The summed E-state index contributed by atoms with van der Waals surface area (Å²) in [4.78, 5) is 6.67. The van der Waals surface area contributed by atoms with E-state index in [1.54, 1.807) is 0 Å². The zero-order chi connectivity index (χ0) is 15.4. The van der Waals surface area contributed by atoms with Crippen molar-refractivity contribution in [2.45, 2.75) is 18.9 Å². The van der Waals surface area contributed by atoms with Gasteiger partial charge in [0.05, 0.1) is 12.4 Å². The summed E-state index contributed by atoms with van der Waals surface area (Å²) in [5, 5.41) is 11.4. The highest BCUT2D eigenvalue weighted by atomic mass is 16.3. The van der Waals surface area contributed by atoms with Gasteiger partial charge in [0.2, 0.25) is 0 Å². The Labute approximate surface area is 131 Å². The lowest BCUT2D eigenvalue weighted by Gasteiger charge is -2.32. The Kier molecular flexibility index (Phi) is 4.25. The maximum absolute atomic E-state index is 11.4. The van der Waals surface area contributed by atoms with E-state index in [1.807, 2.05) is 67.6 Å². The molecule has 2 aromatic carbocycles. The van der Waals surface area contributed by atoms with Crippen LogP contribution in [0.25, 0.3) is 0 Å². The zero-order valence-corrected chi connectivity index (χ0v) is 12.9. The Bertz CT molecular complexity index is 597. The topological polar surface area (TPSA) is 35.8 Å². The molecule has 1 N–H and O–H groups in total. The average Bonchev–Trinajstić information content (AvgIpc) is 2.99. The lowest BCUT2D eigenvalue weighted by molar-refractivity contribution is 0.0650. The maximum atomic E-state index is 11.4. The summed E-state index contributed by atoms with van der Waals surface area (Å²) in [5.74, 6) is 1.07. The van der Waals surface area contributed by atoms with Gasteiger partial charge < -0.3 is 10.0 Å². The summed E-state index contributed by atoms with van der Waals surface area (Å²) in [6.45, 7) is 4.65. The van der Waals surface area contributed by atoms with Gasteiger partial charge in [-0.1, -0.05) is 60.7 Å². The van der Waals surface area contributed by atoms with Gasteiger partial charge in [0.25, 0.3) is 0 Å². The fourth-order valence-corrected chi connectivity index (χ4v) is 3.05. The summed E-state index contributed by atoms with van der Waals surface area (Å²) in [6, 6.07) is 19.9. The fraction of sp³-hybridized carbons (Fsp3) is 0.316. The molecule has 114 valence electrons. The normalized spacial score (nSPS) is 15.0. The predicted molar refractivity (Wildman–Crippen MR) is 90.0 cm³/mol. The Morgan fingerprint density at radius 1 is 1.00 bits per heavy atom. The van der Waals surface area contributed by atoms with Crippen molar-refractivity contribution in [3.8, 4) is 0 Å². The second-order valence-electron chi connectivity index (χ2n) is 5.76. The van der Waals surface area contributed by atoms with E-state index < -0.39 is 5.60 Å². The van der Waals surface area contributed by atoms with Crippen molar-refractivity contribution in [2.75, 3.05) is 19.6 Å². The third-order valence-corrected chi connectivity index (χ3v) is 4.41. The van der Waals surface area contributed by atoms with Crippen LogP contribution >= 0.6 is 0 Å². The first-order valence-corrected chi connectivity index (χ1v) is 7.79. The molecule has 0 aliphatic carbocycles. The van der Waals surface area contributed by atoms with Crippen molar-refractivity contribution in [3.63, 3.8) is 0 Å². The van der Waals surface area contributed by atoms with Crippen LogP contribution in [0.2, 0.25) is 0 Å². The van der Waals surface area contributed by atoms with Crippen LogP contribution in [0.15, 0.2) is 65.7 Å². The minimum atomic E-state index is -0.967. The minimum Gasteiger partial charge on any atom is -0.380 e. The van der Waals surface area contributed by atoms with E-state index in [4.69, 9.17) is 0 Å². The smallest absolute Gasteiger partial charge is 0.116 e. The fourth-order valence-electron chi connectivity index (χ4n) is 3.05. The molecule has 0 bridgehead atoms. The second kappa shape index (κ2) is 6.32. The van der Waals surface area contributed by atoms with Crippen molar-refractivity contribution >= 4 is 5.84 Å². The van der Waals surface area contributed by atoms with Gasteiger partial charge in [0, 0.05) is 19.5 Å². The van der Waals surface area contributed by atoms with Crippen LogP contribution in [0.4, 0.5) is 0 Å². The summed E-state index contributed by atoms with van der Waals surface area (Å²) >= 11 is 0. The highest BCUT2D eigenvalue weighted by molar-refractivity contribution is 5.81. The van der Waals surface area contributed by atoms with Crippen molar-refractivity contribution in [1.29, 1.82) is 0 Å². The first-order chi connectivity index (χ1) is 10.7. The van der Waals surface area contributed by atoms with Gasteiger partial charge in [-0.3, -0.25) is 4.99 Å². The number of aliphatic hydroxyl groups is 1. The summed E-state index contributed by atoms with van der Waals surface area (Å²) in [6.07, 6.45) is 0.647. The van der Waals surface area contributed by atoms with Crippen molar-refractivity contribution in [2.24, 2.45) is 4.99 Å². The number of hydrogen-bond donors (Lipinski definition) is 1. The van der Waals surface area contributed by atoms with Gasteiger partial charge >= 0.3 is 0 Å². The zero-order valence-electron chi connectivity index (χ0n) is 12.9. The van der Waals surface area contributed by atoms with E-state index in [-0.39, 0.29) is 0 Å². The Balaban J connectivity index is 1.88. The third kappa shape index (κ3) is 2.90. The highest BCUT2D eigenvalue weighted by Gasteiger charge is 2.32. The largest absolute Gasteiger partial charge is 0.380 e. The monoisotopic (exact) mass is 294 g/mol. The molecule has 0 saturated heterocycles. The average molecular weight is 294 g/mol. The number of benzene rings is 2. The standard InChI is InChI=1S/C19H22N2O/c1-16-20-13-15-21(16)14-12-19(22,17-8-4-2-5-9-17)18-10-6-3-7-11-18/h2-11,22H,12-15H2,1H3. The number of rotatable bonds is 5. The van der Waals surface area contributed by atoms with Gasteiger partial charge in [-0.05, 0) is 18.1 Å². The lowest BCUT2D eigenvalue weighted by atomic mass is 9.83. The molecule has 3 nitrogen and oxygen atoms in total. The molecule has 0 spiro atoms. The van der Waals surface area contributed by atoms with E-state index in [2.05, 4.69) is 9.89 Å². The molecule has 1 aliphatic rings. The van der Waals surface area contributed by atoms with Gasteiger partial charge in [0.15, 0.2) is 0 Å². The molecule has 0 radical (unpaired) electrons. The Morgan fingerprint density at radius 3 is 2.00 bits per heavy atom. The Morgan fingerprint density at radius 2 is 1.55 bits per heavy atom. The van der Waals surface area contributed by atoms with Crippen LogP contribution in [0, 0.1) is 0 Å². The molecule has 3 rings (SSSR count). The van der Waals surface area contributed by atoms with E-state index in [9.17, 15) is 5.11 Å². The van der Waals surface area contributed by atoms with Crippen LogP contribution in [-0.2, 0) is 5.60 Å². The Hall–Kier alpha value is -2.13. The maximum Gasteiger partial charge on any atom is 0.116 e. The first kappa shape index (κ1) is 14.8. The molecular weight excluding hydrogens is 272 g/mol. The van der Waals surface area contributed by atoms with Crippen molar-refractivity contribution in [3.05, 3.63) is 71.8 Å². The molecule has 0 fully saturated rings. The number of hydrogen-bond acceptors (Lipinski definition) is 3. The number of aliphatic imine (C=N–C) groups is 1. The number of amidine groups is 1. The quantitative estimate of drug-likeness (QED) is 0.920. The van der Waals surface area contributed by atoms with Gasteiger partial charge in [-0.2, -0.15) is 0 Å². The number of nitrogens with zero attached hydrogens (tertiary/aromatic N) is 2. The molecule has 22 heavy (non-hydrogen) atoms. The van der Waals surface area contributed by atoms with Crippen molar-refractivity contribution in [1.82, 2.24) is 4.90 Å².